The second-order valence-electron chi connectivity index (χ2n) is 7.33. The number of rotatable bonds is 5. The van der Waals surface area contributed by atoms with Crippen molar-refractivity contribution >= 4 is 23.5 Å². The average molecular weight is 408 g/mol. The molecule has 2 amide bonds. The Morgan fingerprint density at radius 3 is 2.27 bits per heavy atom. The molecule has 0 unspecified atom stereocenters. The Morgan fingerprint density at radius 1 is 0.933 bits per heavy atom. The van der Waals surface area contributed by atoms with Gasteiger partial charge in [-0.25, -0.2) is 4.79 Å². The fourth-order valence-corrected chi connectivity index (χ4v) is 3.71. The zero-order valence-corrected chi connectivity index (χ0v) is 16.7. The maximum Gasteiger partial charge on any atom is 0.339 e. The van der Waals surface area contributed by atoms with Crippen LogP contribution in [0.4, 0.5) is 5.69 Å². The first-order chi connectivity index (χ1) is 14.6. The van der Waals surface area contributed by atoms with Crippen molar-refractivity contribution in [3.8, 4) is 0 Å². The van der Waals surface area contributed by atoms with Crippen LogP contribution in [0.15, 0.2) is 54.6 Å². The van der Waals surface area contributed by atoms with Crippen LogP contribution in [-0.2, 0) is 19.1 Å². The van der Waals surface area contributed by atoms with Gasteiger partial charge in [-0.15, -0.1) is 0 Å². The predicted octanol–water partition coefficient (Wildman–Crippen LogP) is 2.57. The van der Waals surface area contributed by atoms with Crippen LogP contribution in [0.1, 0.15) is 34.9 Å². The van der Waals surface area contributed by atoms with Crippen LogP contribution in [0.3, 0.4) is 0 Å². The number of nitrogens with zero attached hydrogens (tertiary/aromatic N) is 2. The highest BCUT2D eigenvalue weighted by atomic mass is 16.5. The quantitative estimate of drug-likeness (QED) is 0.711. The van der Waals surface area contributed by atoms with Crippen molar-refractivity contribution in [2.24, 2.45) is 0 Å². The first-order valence-electron chi connectivity index (χ1n) is 10.2. The fourth-order valence-electron chi connectivity index (χ4n) is 3.71. The molecule has 2 heterocycles. The van der Waals surface area contributed by atoms with Gasteiger partial charge < -0.3 is 19.3 Å². The zero-order chi connectivity index (χ0) is 20.9. The lowest BCUT2D eigenvalue weighted by Crippen LogP contribution is -2.44. The minimum atomic E-state index is -1.02. The van der Waals surface area contributed by atoms with Crippen molar-refractivity contribution < 1.29 is 23.9 Å². The molecule has 0 N–H and O–H groups in total. The molecule has 30 heavy (non-hydrogen) atoms. The van der Waals surface area contributed by atoms with E-state index in [0.717, 1.165) is 12.1 Å². The molecule has 0 bridgehead atoms. The second kappa shape index (κ2) is 9.09. The third-order valence-electron chi connectivity index (χ3n) is 5.36. The molecule has 0 aliphatic carbocycles. The molecule has 2 aromatic carbocycles. The molecule has 2 aliphatic heterocycles. The Balaban J connectivity index is 1.51. The largest absolute Gasteiger partial charge is 0.444 e. The van der Waals surface area contributed by atoms with E-state index in [4.69, 9.17) is 9.47 Å². The van der Waals surface area contributed by atoms with Crippen LogP contribution in [0.5, 0.6) is 0 Å². The smallest absolute Gasteiger partial charge is 0.339 e. The Labute approximate surface area is 175 Å². The summed E-state index contributed by atoms with van der Waals surface area (Å²) in [5, 5.41) is 0. The van der Waals surface area contributed by atoms with Gasteiger partial charge in [0.15, 0.2) is 0 Å². The molecule has 0 saturated carbocycles. The predicted molar refractivity (Wildman–Crippen MR) is 110 cm³/mol. The number of anilines is 1. The van der Waals surface area contributed by atoms with E-state index in [2.05, 4.69) is 0 Å². The summed E-state index contributed by atoms with van der Waals surface area (Å²) in [6.45, 7) is 2.57. The highest BCUT2D eigenvalue weighted by molar-refractivity contribution is 5.97. The molecule has 2 saturated heterocycles. The molecule has 0 aromatic heterocycles. The molecule has 2 aliphatic rings. The summed E-state index contributed by atoms with van der Waals surface area (Å²) in [5.74, 6) is -0.743. The van der Waals surface area contributed by atoms with E-state index in [1.54, 1.807) is 46.2 Å². The normalized spacial score (nSPS) is 17.7. The number of ether oxygens (including phenoxy) is 2. The Hall–Kier alpha value is -3.19. The third-order valence-corrected chi connectivity index (χ3v) is 5.36. The summed E-state index contributed by atoms with van der Waals surface area (Å²) in [6.07, 6.45) is 0.369. The van der Waals surface area contributed by atoms with E-state index in [0.29, 0.717) is 50.4 Å². The maximum atomic E-state index is 13.1. The van der Waals surface area contributed by atoms with Gasteiger partial charge in [0.05, 0.1) is 18.8 Å². The average Bonchev–Trinajstić information content (AvgIpc) is 3.24. The summed E-state index contributed by atoms with van der Waals surface area (Å²) >= 11 is 0. The molecule has 156 valence electrons. The minimum absolute atomic E-state index is 0.0885. The monoisotopic (exact) mass is 408 g/mol. The minimum Gasteiger partial charge on any atom is -0.444 e. The summed E-state index contributed by atoms with van der Waals surface area (Å²) in [7, 11) is 0. The number of esters is 1. The summed E-state index contributed by atoms with van der Waals surface area (Å²) in [6, 6.07) is 15.8. The van der Waals surface area contributed by atoms with E-state index < -0.39 is 12.1 Å². The van der Waals surface area contributed by atoms with Crippen molar-refractivity contribution in [3.63, 3.8) is 0 Å². The fraction of sp³-hybridized carbons (Fsp3) is 0.348. The van der Waals surface area contributed by atoms with Crippen LogP contribution >= 0.6 is 0 Å². The molecule has 4 rings (SSSR count). The molecule has 0 spiro atoms. The van der Waals surface area contributed by atoms with Gasteiger partial charge in [-0.3, -0.25) is 9.59 Å². The van der Waals surface area contributed by atoms with Crippen molar-refractivity contribution in [1.29, 1.82) is 0 Å². The molecule has 7 nitrogen and oxygen atoms in total. The Bertz CT molecular complexity index is 907. The van der Waals surface area contributed by atoms with Crippen molar-refractivity contribution in [1.82, 2.24) is 4.90 Å². The van der Waals surface area contributed by atoms with E-state index in [9.17, 15) is 14.4 Å². The van der Waals surface area contributed by atoms with Crippen molar-refractivity contribution in [2.45, 2.75) is 18.9 Å². The van der Waals surface area contributed by atoms with Crippen LogP contribution in [0.25, 0.3) is 0 Å². The molecule has 7 heteroatoms. The first-order valence-corrected chi connectivity index (χ1v) is 10.2. The summed E-state index contributed by atoms with van der Waals surface area (Å²) in [4.78, 5) is 41.2. The van der Waals surface area contributed by atoms with Crippen LogP contribution in [-0.4, -0.2) is 55.5 Å². The molecular formula is C23H24N2O5. The van der Waals surface area contributed by atoms with E-state index >= 15 is 0 Å². The van der Waals surface area contributed by atoms with Gasteiger partial charge in [0.1, 0.15) is 0 Å². The van der Waals surface area contributed by atoms with E-state index in [1.807, 2.05) is 18.2 Å². The topological polar surface area (TPSA) is 76.2 Å². The van der Waals surface area contributed by atoms with Crippen LogP contribution in [0.2, 0.25) is 0 Å². The number of benzene rings is 2. The third kappa shape index (κ3) is 4.36. The highest BCUT2D eigenvalue weighted by Crippen LogP contribution is 2.25. The van der Waals surface area contributed by atoms with Gasteiger partial charge in [0, 0.05) is 37.3 Å². The number of amides is 2. The molecule has 2 fully saturated rings. The molecular weight excluding hydrogens is 384 g/mol. The molecule has 2 aromatic rings. The standard InChI is InChI=1S/C23H24N2O5/c26-20-7-4-12-25(20)19-10-8-18(9-11-19)23(28)30-21(17-5-2-1-3-6-17)22(27)24-13-15-29-16-14-24/h1-3,5-6,8-11,21H,4,7,12-16H2/t21-/m1/s1. The van der Waals surface area contributed by atoms with E-state index in [-0.39, 0.29) is 11.8 Å². The summed E-state index contributed by atoms with van der Waals surface area (Å²) < 4.78 is 11.0. The van der Waals surface area contributed by atoms with Gasteiger partial charge in [-0.2, -0.15) is 0 Å². The lowest BCUT2D eigenvalue weighted by atomic mass is 10.1. The maximum absolute atomic E-state index is 13.1. The number of carbonyl (C=O) groups is 3. The summed E-state index contributed by atoms with van der Waals surface area (Å²) in [5.41, 5.74) is 1.72. The lowest BCUT2D eigenvalue weighted by molar-refractivity contribution is -0.145. The molecule has 0 radical (unpaired) electrons. The number of morpholine rings is 1. The highest BCUT2D eigenvalue weighted by Gasteiger charge is 2.31. The van der Waals surface area contributed by atoms with Gasteiger partial charge in [0.25, 0.3) is 5.91 Å². The van der Waals surface area contributed by atoms with Gasteiger partial charge in [-0.1, -0.05) is 30.3 Å². The molecule has 1 atom stereocenters. The van der Waals surface area contributed by atoms with Crippen molar-refractivity contribution in [3.05, 3.63) is 65.7 Å². The van der Waals surface area contributed by atoms with Crippen LogP contribution < -0.4 is 4.90 Å². The van der Waals surface area contributed by atoms with Gasteiger partial charge >= 0.3 is 5.97 Å². The Morgan fingerprint density at radius 2 is 1.63 bits per heavy atom. The van der Waals surface area contributed by atoms with E-state index in [1.165, 1.54) is 0 Å². The first kappa shape index (κ1) is 20.1. The number of hydrogen-bond acceptors (Lipinski definition) is 5. The number of hydrogen-bond donors (Lipinski definition) is 0. The Kier molecular flexibility index (Phi) is 6.09. The van der Waals surface area contributed by atoms with Crippen LogP contribution in [0, 0.1) is 0 Å². The van der Waals surface area contributed by atoms with Gasteiger partial charge in [0.2, 0.25) is 12.0 Å². The second-order valence-corrected chi connectivity index (χ2v) is 7.33. The van der Waals surface area contributed by atoms with Gasteiger partial charge in [-0.05, 0) is 30.7 Å². The lowest BCUT2D eigenvalue weighted by Gasteiger charge is -2.30. The number of carbonyl (C=O) groups excluding carboxylic acids is 3. The van der Waals surface area contributed by atoms with Crippen molar-refractivity contribution in [2.75, 3.05) is 37.7 Å². The SMILES string of the molecule is O=C(O[C@@H](C(=O)N1CCOCC1)c1ccccc1)c1ccc(N2CCCC2=O)cc1. The zero-order valence-electron chi connectivity index (χ0n) is 16.7.